The first-order valence-electron chi connectivity index (χ1n) is 8.15. The van der Waals surface area contributed by atoms with Gasteiger partial charge in [-0.2, -0.15) is 0 Å². The van der Waals surface area contributed by atoms with E-state index in [4.69, 9.17) is 4.74 Å². The maximum absolute atomic E-state index is 13.6. The number of anilines is 1. The van der Waals surface area contributed by atoms with Gasteiger partial charge < -0.3 is 15.2 Å². The Labute approximate surface area is 157 Å². The quantitative estimate of drug-likeness (QED) is 0.519. The number of esters is 1. The number of halogens is 3. The minimum atomic E-state index is -1.73. The molecule has 0 spiro atoms. The van der Waals surface area contributed by atoms with Gasteiger partial charge in [0.1, 0.15) is 11.3 Å². The fraction of sp³-hybridized carbons (Fsp3) is 0.100. The van der Waals surface area contributed by atoms with Crippen LogP contribution in [0.3, 0.4) is 0 Å². The van der Waals surface area contributed by atoms with Crippen molar-refractivity contribution in [3.05, 3.63) is 71.5 Å². The fourth-order valence-electron chi connectivity index (χ4n) is 2.53. The van der Waals surface area contributed by atoms with Gasteiger partial charge in [-0.15, -0.1) is 0 Å². The Morgan fingerprint density at radius 2 is 1.64 bits per heavy atom. The lowest BCUT2D eigenvalue weighted by Crippen LogP contribution is -2.30. The Morgan fingerprint density at radius 1 is 1.00 bits per heavy atom. The lowest BCUT2D eigenvalue weighted by atomic mass is 10.1. The summed E-state index contributed by atoms with van der Waals surface area (Å²) in [4.78, 5) is 24.4. The average Bonchev–Trinajstić information content (AvgIpc) is 2.67. The molecule has 1 atom stereocenters. The lowest BCUT2D eigenvalue weighted by Gasteiger charge is -2.15. The molecule has 3 aromatic carbocycles. The molecule has 3 aromatic rings. The summed E-state index contributed by atoms with van der Waals surface area (Å²) in [5, 5.41) is 13.4. The van der Waals surface area contributed by atoms with Crippen LogP contribution < -0.4 is 5.32 Å². The number of carbonyl (C=O) groups is 2. The van der Waals surface area contributed by atoms with Crippen molar-refractivity contribution < 1.29 is 32.6 Å². The number of aromatic hydroxyl groups is 1. The highest BCUT2D eigenvalue weighted by Gasteiger charge is 2.23. The molecule has 8 heteroatoms. The monoisotopic (exact) mass is 389 g/mol. The van der Waals surface area contributed by atoms with Crippen LogP contribution in [0.2, 0.25) is 0 Å². The number of hydrogen-bond acceptors (Lipinski definition) is 4. The number of phenols is 1. The number of amides is 1. The van der Waals surface area contributed by atoms with Crippen molar-refractivity contribution in [1.82, 2.24) is 0 Å². The summed E-state index contributed by atoms with van der Waals surface area (Å²) in [5.41, 5.74) is -0.752. The smallest absolute Gasteiger partial charge is 0.342 e. The van der Waals surface area contributed by atoms with Gasteiger partial charge in [0.2, 0.25) is 0 Å². The van der Waals surface area contributed by atoms with Crippen LogP contribution in [0.1, 0.15) is 17.3 Å². The van der Waals surface area contributed by atoms with Gasteiger partial charge in [-0.25, -0.2) is 18.0 Å². The minimum Gasteiger partial charge on any atom is -0.507 e. The van der Waals surface area contributed by atoms with E-state index < -0.39 is 41.1 Å². The normalized spacial score (nSPS) is 11.9. The van der Waals surface area contributed by atoms with Crippen molar-refractivity contribution in [2.75, 3.05) is 5.32 Å². The van der Waals surface area contributed by atoms with Crippen LogP contribution in [-0.4, -0.2) is 23.1 Å². The topological polar surface area (TPSA) is 75.6 Å². The summed E-state index contributed by atoms with van der Waals surface area (Å²) in [6, 6.07) is 11.3. The Morgan fingerprint density at radius 3 is 2.32 bits per heavy atom. The first kappa shape index (κ1) is 19.2. The largest absolute Gasteiger partial charge is 0.507 e. The number of benzene rings is 3. The molecule has 2 N–H and O–H groups in total. The van der Waals surface area contributed by atoms with Gasteiger partial charge in [-0.1, -0.05) is 24.3 Å². The van der Waals surface area contributed by atoms with Crippen molar-refractivity contribution in [2.45, 2.75) is 13.0 Å². The fourth-order valence-corrected chi connectivity index (χ4v) is 2.53. The Balaban J connectivity index is 1.74. The summed E-state index contributed by atoms with van der Waals surface area (Å²) in [7, 11) is 0. The number of fused-ring (bicyclic) bond motifs is 1. The van der Waals surface area contributed by atoms with E-state index in [9.17, 15) is 27.9 Å². The van der Waals surface area contributed by atoms with Crippen molar-refractivity contribution in [1.29, 1.82) is 0 Å². The van der Waals surface area contributed by atoms with E-state index in [1.54, 1.807) is 24.3 Å². The zero-order valence-electron chi connectivity index (χ0n) is 14.5. The Kier molecular flexibility index (Phi) is 5.21. The maximum atomic E-state index is 13.6. The Hall–Kier alpha value is -3.55. The van der Waals surface area contributed by atoms with Gasteiger partial charge in [-0.3, -0.25) is 4.79 Å². The molecule has 0 aliphatic carbocycles. The third-order valence-electron chi connectivity index (χ3n) is 4.03. The second kappa shape index (κ2) is 7.59. The molecule has 0 saturated carbocycles. The van der Waals surface area contributed by atoms with E-state index in [1.165, 1.54) is 19.1 Å². The zero-order chi connectivity index (χ0) is 20.4. The molecule has 0 aliphatic rings. The first-order chi connectivity index (χ1) is 13.3. The third kappa shape index (κ3) is 3.75. The molecule has 3 rings (SSSR count). The number of nitrogens with one attached hydrogen (secondary N) is 1. The summed E-state index contributed by atoms with van der Waals surface area (Å²) < 4.78 is 44.8. The Bertz CT molecular complexity index is 1080. The second-order valence-electron chi connectivity index (χ2n) is 5.98. The second-order valence-corrected chi connectivity index (χ2v) is 5.98. The van der Waals surface area contributed by atoms with E-state index in [0.29, 0.717) is 16.8 Å². The number of ether oxygens (including phenoxy) is 1. The first-order valence-corrected chi connectivity index (χ1v) is 8.15. The van der Waals surface area contributed by atoms with E-state index in [1.807, 2.05) is 5.32 Å². The molecule has 0 saturated heterocycles. The summed E-state index contributed by atoms with van der Waals surface area (Å²) in [6.45, 7) is 1.21. The number of carbonyl (C=O) groups excluding carboxylic acids is 2. The van der Waals surface area contributed by atoms with E-state index >= 15 is 0 Å². The summed E-state index contributed by atoms with van der Waals surface area (Å²) in [5.74, 6) is -6.97. The average molecular weight is 389 g/mol. The van der Waals surface area contributed by atoms with E-state index in [-0.39, 0.29) is 11.3 Å². The van der Waals surface area contributed by atoms with Gasteiger partial charge in [0.15, 0.2) is 23.6 Å². The number of rotatable bonds is 4. The van der Waals surface area contributed by atoms with Crippen LogP contribution >= 0.6 is 0 Å². The molecule has 0 unspecified atom stereocenters. The predicted molar refractivity (Wildman–Crippen MR) is 95.4 cm³/mol. The molecule has 1 amide bonds. The predicted octanol–water partition coefficient (Wildman–Crippen LogP) is 4.15. The standard InChI is InChI=1S/C20H14F3NO4/c1-10(19(26)24-15-7-6-14(21)17(22)18(15)23)28-20(27)13-8-11-4-2-3-5-12(11)9-16(13)25/h2-10,25H,1H3,(H,24,26)/t10-/m0/s1. The van der Waals surface area contributed by atoms with Crippen molar-refractivity contribution in [3.63, 3.8) is 0 Å². The third-order valence-corrected chi connectivity index (χ3v) is 4.03. The van der Waals surface area contributed by atoms with E-state index in [0.717, 1.165) is 6.07 Å². The van der Waals surface area contributed by atoms with Crippen molar-refractivity contribution in [2.24, 2.45) is 0 Å². The van der Waals surface area contributed by atoms with Crippen LogP contribution in [0.15, 0.2) is 48.5 Å². The lowest BCUT2D eigenvalue weighted by molar-refractivity contribution is -0.123. The molecule has 0 aliphatic heterocycles. The van der Waals surface area contributed by atoms with Crippen LogP contribution in [0, 0.1) is 17.5 Å². The molecule has 0 bridgehead atoms. The van der Waals surface area contributed by atoms with Crippen LogP contribution in [0.4, 0.5) is 18.9 Å². The molecular formula is C20H14F3NO4. The molecule has 0 aromatic heterocycles. The molecular weight excluding hydrogens is 375 g/mol. The molecule has 0 fully saturated rings. The van der Waals surface area contributed by atoms with E-state index in [2.05, 4.69) is 0 Å². The van der Waals surface area contributed by atoms with Gasteiger partial charge in [-0.05, 0) is 42.0 Å². The van der Waals surface area contributed by atoms with Gasteiger partial charge in [0, 0.05) is 0 Å². The van der Waals surface area contributed by atoms with Crippen molar-refractivity contribution in [3.8, 4) is 5.75 Å². The van der Waals surface area contributed by atoms with Gasteiger partial charge in [0.25, 0.3) is 5.91 Å². The summed E-state index contributed by atoms with van der Waals surface area (Å²) in [6.07, 6.45) is -1.40. The van der Waals surface area contributed by atoms with Crippen molar-refractivity contribution >= 4 is 28.3 Å². The maximum Gasteiger partial charge on any atom is 0.342 e. The van der Waals surface area contributed by atoms with Crippen LogP contribution in [-0.2, 0) is 9.53 Å². The SMILES string of the molecule is C[C@H](OC(=O)c1cc2ccccc2cc1O)C(=O)Nc1ccc(F)c(F)c1F. The highest BCUT2D eigenvalue weighted by Crippen LogP contribution is 2.26. The number of hydrogen-bond donors (Lipinski definition) is 2. The molecule has 0 heterocycles. The zero-order valence-corrected chi connectivity index (χ0v) is 14.5. The molecule has 0 radical (unpaired) electrons. The number of phenolic OH excluding ortho intramolecular Hbond substituents is 1. The highest BCUT2D eigenvalue weighted by atomic mass is 19.2. The highest BCUT2D eigenvalue weighted by molar-refractivity contribution is 6.01. The van der Waals surface area contributed by atoms with Gasteiger partial charge >= 0.3 is 5.97 Å². The van der Waals surface area contributed by atoms with Crippen LogP contribution in [0.5, 0.6) is 5.75 Å². The molecule has 5 nitrogen and oxygen atoms in total. The molecule has 144 valence electrons. The molecule has 28 heavy (non-hydrogen) atoms. The minimum absolute atomic E-state index is 0.155. The van der Waals surface area contributed by atoms with Crippen LogP contribution in [0.25, 0.3) is 10.8 Å². The van der Waals surface area contributed by atoms with Gasteiger partial charge in [0.05, 0.1) is 5.69 Å². The summed E-state index contributed by atoms with van der Waals surface area (Å²) >= 11 is 0.